The highest BCUT2D eigenvalue weighted by atomic mass is 16.5. The number of allylic oxidation sites excluding steroid dienone is 1. The van der Waals surface area contributed by atoms with Crippen LogP contribution in [0.25, 0.3) is 5.69 Å². The molecule has 0 aliphatic carbocycles. The van der Waals surface area contributed by atoms with E-state index in [0.29, 0.717) is 19.0 Å². The number of β-lactam (4-membered cyclic amide) rings is 1. The largest absolute Gasteiger partial charge is 0.497 e. The number of amides is 1. The number of hydrogen-bond donors (Lipinski definition) is 0. The first-order valence-electron chi connectivity index (χ1n) is 7.67. The standard InChI is InChI=1S/C17H20N4O2/c1-3-4-5-15-10-17(22)20(15)11-13-12-21(19-18-13)14-6-8-16(23-2)9-7-14/h3,6-9,12,15H,1,4-5,10-11H2,2H3. The fraction of sp³-hybridized carbons (Fsp3) is 0.353. The first-order valence-corrected chi connectivity index (χ1v) is 7.67. The van der Waals surface area contributed by atoms with E-state index in [4.69, 9.17) is 4.74 Å². The number of nitrogens with zero attached hydrogens (tertiary/aromatic N) is 4. The fourth-order valence-electron chi connectivity index (χ4n) is 2.71. The van der Waals surface area contributed by atoms with Crippen LogP contribution in [0.5, 0.6) is 5.75 Å². The maximum absolute atomic E-state index is 11.8. The van der Waals surface area contributed by atoms with Crippen molar-refractivity contribution < 1.29 is 9.53 Å². The Morgan fingerprint density at radius 1 is 1.39 bits per heavy atom. The van der Waals surface area contributed by atoms with Crippen LogP contribution < -0.4 is 4.74 Å². The summed E-state index contributed by atoms with van der Waals surface area (Å²) in [6.45, 7) is 4.24. The van der Waals surface area contributed by atoms with Gasteiger partial charge in [0.05, 0.1) is 25.5 Å². The summed E-state index contributed by atoms with van der Waals surface area (Å²) in [5, 5.41) is 8.31. The number of methoxy groups -OCH3 is 1. The van der Waals surface area contributed by atoms with E-state index in [9.17, 15) is 4.79 Å². The highest BCUT2D eigenvalue weighted by molar-refractivity contribution is 5.83. The molecule has 0 saturated carbocycles. The number of benzene rings is 1. The number of aromatic nitrogens is 3. The van der Waals surface area contributed by atoms with E-state index in [2.05, 4.69) is 16.9 Å². The van der Waals surface area contributed by atoms with Crippen molar-refractivity contribution in [2.75, 3.05) is 7.11 Å². The predicted molar refractivity (Wildman–Crippen MR) is 86.3 cm³/mol. The number of carbonyl (C=O) groups excluding carboxylic acids is 1. The minimum atomic E-state index is 0.179. The van der Waals surface area contributed by atoms with E-state index >= 15 is 0 Å². The molecule has 23 heavy (non-hydrogen) atoms. The highest BCUT2D eigenvalue weighted by Crippen LogP contribution is 2.25. The van der Waals surface area contributed by atoms with Crippen LogP contribution in [0.15, 0.2) is 43.1 Å². The molecule has 1 aliphatic heterocycles. The van der Waals surface area contributed by atoms with Crippen molar-refractivity contribution in [2.45, 2.75) is 31.8 Å². The number of rotatable bonds is 7. The van der Waals surface area contributed by atoms with Crippen molar-refractivity contribution in [3.8, 4) is 11.4 Å². The van der Waals surface area contributed by atoms with Gasteiger partial charge in [-0.1, -0.05) is 11.3 Å². The Morgan fingerprint density at radius 2 is 2.17 bits per heavy atom. The van der Waals surface area contributed by atoms with Crippen molar-refractivity contribution in [1.29, 1.82) is 0 Å². The van der Waals surface area contributed by atoms with Gasteiger partial charge in [0, 0.05) is 12.5 Å². The highest BCUT2D eigenvalue weighted by Gasteiger charge is 2.35. The summed E-state index contributed by atoms with van der Waals surface area (Å²) >= 11 is 0. The SMILES string of the molecule is C=CCCC1CC(=O)N1Cc1cn(-c2ccc(OC)cc2)nn1. The number of ether oxygens (including phenoxy) is 1. The zero-order valence-electron chi connectivity index (χ0n) is 13.2. The van der Waals surface area contributed by atoms with Crippen molar-refractivity contribution in [3.63, 3.8) is 0 Å². The van der Waals surface area contributed by atoms with Gasteiger partial charge in [0.15, 0.2) is 0 Å². The van der Waals surface area contributed by atoms with E-state index in [0.717, 1.165) is 30.0 Å². The Kier molecular flexibility index (Phi) is 4.41. The lowest BCUT2D eigenvalue weighted by Crippen LogP contribution is -2.51. The number of likely N-dealkylation sites (tertiary alicyclic amines) is 1. The molecular formula is C17H20N4O2. The lowest BCUT2D eigenvalue weighted by Gasteiger charge is -2.40. The Morgan fingerprint density at radius 3 is 2.83 bits per heavy atom. The summed E-state index contributed by atoms with van der Waals surface area (Å²) in [4.78, 5) is 13.7. The lowest BCUT2D eigenvalue weighted by molar-refractivity contribution is -0.147. The van der Waals surface area contributed by atoms with Crippen molar-refractivity contribution in [3.05, 3.63) is 48.8 Å². The van der Waals surface area contributed by atoms with Gasteiger partial charge in [0.25, 0.3) is 0 Å². The van der Waals surface area contributed by atoms with Crippen molar-refractivity contribution in [2.24, 2.45) is 0 Å². The minimum absolute atomic E-state index is 0.179. The van der Waals surface area contributed by atoms with Crippen LogP contribution in [0.1, 0.15) is 25.0 Å². The molecule has 1 aromatic heterocycles. The maximum atomic E-state index is 11.8. The smallest absolute Gasteiger partial charge is 0.225 e. The average Bonchev–Trinajstić information content (AvgIpc) is 3.05. The van der Waals surface area contributed by atoms with Gasteiger partial charge in [-0.05, 0) is 37.1 Å². The summed E-state index contributed by atoms with van der Waals surface area (Å²) in [5.41, 5.74) is 1.69. The second kappa shape index (κ2) is 6.64. The molecule has 1 aliphatic rings. The zero-order chi connectivity index (χ0) is 16.2. The summed E-state index contributed by atoms with van der Waals surface area (Å²) in [7, 11) is 1.63. The quantitative estimate of drug-likeness (QED) is 0.581. The normalized spacial score (nSPS) is 17.0. The monoisotopic (exact) mass is 312 g/mol. The molecule has 1 aromatic carbocycles. The van der Waals surface area contributed by atoms with Gasteiger partial charge in [-0.15, -0.1) is 11.7 Å². The first-order chi connectivity index (χ1) is 11.2. The van der Waals surface area contributed by atoms with Crippen LogP contribution in [-0.2, 0) is 11.3 Å². The molecule has 0 bridgehead atoms. The molecule has 1 amide bonds. The van der Waals surface area contributed by atoms with Gasteiger partial charge in [0.2, 0.25) is 5.91 Å². The number of carbonyl (C=O) groups is 1. The third-order valence-corrected chi connectivity index (χ3v) is 4.09. The molecule has 0 N–H and O–H groups in total. The van der Waals surface area contributed by atoms with Gasteiger partial charge in [0.1, 0.15) is 11.4 Å². The van der Waals surface area contributed by atoms with Crippen molar-refractivity contribution >= 4 is 5.91 Å². The summed E-state index contributed by atoms with van der Waals surface area (Å²) in [6, 6.07) is 7.88. The topological polar surface area (TPSA) is 60.2 Å². The lowest BCUT2D eigenvalue weighted by atomic mass is 9.97. The molecule has 1 saturated heterocycles. The maximum Gasteiger partial charge on any atom is 0.225 e. The fourth-order valence-corrected chi connectivity index (χ4v) is 2.71. The number of hydrogen-bond acceptors (Lipinski definition) is 4. The first kappa shape index (κ1) is 15.3. The van der Waals surface area contributed by atoms with E-state index in [1.807, 2.05) is 41.4 Å². The molecule has 2 aromatic rings. The molecular weight excluding hydrogens is 292 g/mol. The van der Waals surface area contributed by atoms with Gasteiger partial charge in [-0.25, -0.2) is 4.68 Å². The third kappa shape index (κ3) is 3.26. The minimum Gasteiger partial charge on any atom is -0.497 e. The van der Waals surface area contributed by atoms with Crippen LogP contribution >= 0.6 is 0 Å². The predicted octanol–water partition coefficient (Wildman–Crippen LogP) is 2.34. The Bertz CT molecular complexity index is 693. The van der Waals surface area contributed by atoms with Crippen LogP contribution in [0.4, 0.5) is 0 Å². The molecule has 2 heterocycles. The summed E-state index contributed by atoms with van der Waals surface area (Å²) in [6.07, 6.45) is 6.26. The van der Waals surface area contributed by atoms with Gasteiger partial charge < -0.3 is 9.64 Å². The molecule has 1 unspecified atom stereocenters. The van der Waals surface area contributed by atoms with Crippen LogP contribution in [-0.4, -0.2) is 39.0 Å². The molecule has 1 fully saturated rings. The molecule has 6 heteroatoms. The molecule has 1 atom stereocenters. The van der Waals surface area contributed by atoms with E-state index in [1.54, 1.807) is 11.8 Å². The molecule has 120 valence electrons. The molecule has 0 spiro atoms. The van der Waals surface area contributed by atoms with Gasteiger partial charge in [-0.3, -0.25) is 4.79 Å². The van der Waals surface area contributed by atoms with E-state index in [1.165, 1.54) is 0 Å². The van der Waals surface area contributed by atoms with Gasteiger partial charge >= 0.3 is 0 Å². The Balaban J connectivity index is 1.66. The van der Waals surface area contributed by atoms with E-state index in [-0.39, 0.29) is 5.91 Å². The van der Waals surface area contributed by atoms with Gasteiger partial charge in [-0.2, -0.15) is 0 Å². The van der Waals surface area contributed by atoms with E-state index < -0.39 is 0 Å². The van der Waals surface area contributed by atoms with Crippen LogP contribution in [0.3, 0.4) is 0 Å². The second-order valence-electron chi connectivity index (χ2n) is 5.60. The zero-order valence-corrected chi connectivity index (χ0v) is 13.2. The molecule has 3 rings (SSSR count). The molecule has 6 nitrogen and oxygen atoms in total. The Labute approximate surface area is 135 Å². The summed E-state index contributed by atoms with van der Waals surface area (Å²) in [5.74, 6) is 0.975. The summed E-state index contributed by atoms with van der Waals surface area (Å²) < 4.78 is 6.85. The Hall–Kier alpha value is -2.63. The van der Waals surface area contributed by atoms with Crippen LogP contribution in [0.2, 0.25) is 0 Å². The average molecular weight is 312 g/mol. The van der Waals surface area contributed by atoms with Crippen LogP contribution in [0, 0.1) is 0 Å². The molecule has 0 radical (unpaired) electrons. The second-order valence-corrected chi connectivity index (χ2v) is 5.60. The third-order valence-electron chi connectivity index (χ3n) is 4.09. The van der Waals surface area contributed by atoms with Crippen molar-refractivity contribution in [1.82, 2.24) is 19.9 Å².